The number of carboxylic acids is 1. The second kappa shape index (κ2) is 8.69. The molecule has 6 nitrogen and oxygen atoms in total. The zero-order valence-electron chi connectivity index (χ0n) is 14.8. The average Bonchev–Trinajstić information content (AvgIpc) is 2.62. The SMILES string of the molecule is CCN(CCc1ccc(Cl)cc1)S(=O)(=O)c1cc(F)c(OC)c(C(=O)O)c1. The molecule has 0 aliphatic carbocycles. The number of benzene rings is 2. The fraction of sp³-hybridized carbons (Fsp3) is 0.278. The van der Waals surface area contributed by atoms with Crippen LogP contribution in [0.3, 0.4) is 0 Å². The summed E-state index contributed by atoms with van der Waals surface area (Å²) in [7, 11) is -2.97. The Kier molecular flexibility index (Phi) is 6.80. The van der Waals surface area contributed by atoms with Crippen LogP contribution in [0.1, 0.15) is 22.8 Å². The number of likely N-dealkylation sites (N-methyl/N-ethyl adjacent to an activating group) is 1. The monoisotopic (exact) mass is 415 g/mol. The van der Waals surface area contributed by atoms with Crippen molar-refractivity contribution in [1.29, 1.82) is 0 Å². The van der Waals surface area contributed by atoms with Gasteiger partial charge in [-0.05, 0) is 36.2 Å². The molecular weight excluding hydrogens is 397 g/mol. The number of hydrogen-bond donors (Lipinski definition) is 1. The Balaban J connectivity index is 2.34. The Morgan fingerprint density at radius 3 is 2.41 bits per heavy atom. The highest BCUT2D eigenvalue weighted by Crippen LogP contribution is 2.28. The molecule has 0 saturated heterocycles. The summed E-state index contributed by atoms with van der Waals surface area (Å²) in [6.07, 6.45) is 0.425. The summed E-state index contributed by atoms with van der Waals surface area (Å²) in [5.41, 5.74) is 0.338. The molecule has 0 aromatic heterocycles. The lowest BCUT2D eigenvalue weighted by atomic mass is 10.1. The Morgan fingerprint density at radius 2 is 1.89 bits per heavy atom. The third-order valence-electron chi connectivity index (χ3n) is 4.01. The normalized spacial score (nSPS) is 11.6. The van der Waals surface area contributed by atoms with Crippen LogP contribution in [0.4, 0.5) is 4.39 Å². The van der Waals surface area contributed by atoms with Gasteiger partial charge in [0.05, 0.1) is 12.0 Å². The number of sulfonamides is 1. The molecule has 0 aliphatic heterocycles. The smallest absolute Gasteiger partial charge is 0.339 e. The van der Waals surface area contributed by atoms with Crippen LogP contribution in [-0.4, -0.2) is 44.0 Å². The predicted octanol–water partition coefficient (Wildman–Crippen LogP) is 3.44. The predicted molar refractivity (Wildman–Crippen MR) is 99.5 cm³/mol. The summed E-state index contributed by atoms with van der Waals surface area (Å²) in [5.74, 6) is -3.04. The van der Waals surface area contributed by atoms with Gasteiger partial charge < -0.3 is 9.84 Å². The van der Waals surface area contributed by atoms with Crippen molar-refractivity contribution in [2.45, 2.75) is 18.2 Å². The first-order valence-electron chi connectivity index (χ1n) is 8.06. The largest absolute Gasteiger partial charge is 0.493 e. The molecular formula is C18H19ClFNO5S. The first-order valence-corrected chi connectivity index (χ1v) is 9.88. The first-order chi connectivity index (χ1) is 12.7. The third kappa shape index (κ3) is 4.77. The van der Waals surface area contributed by atoms with Crippen LogP contribution in [0.15, 0.2) is 41.3 Å². The number of nitrogens with zero attached hydrogens (tertiary/aromatic N) is 1. The van der Waals surface area contributed by atoms with Crippen LogP contribution >= 0.6 is 11.6 Å². The molecule has 2 aromatic carbocycles. The maximum absolute atomic E-state index is 14.2. The number of carbonyl (C=O) groups is 1. The zero-order chi connectivity index (χ0) is 20.2. The highest BCUT2D eigenvalue weighted by Gasteiger charge is 2.27. The zero-order valence-corrected chi connectivity index (χ0v) is 16.3. The van der Waals surface area contributed by atoms with E-state index in [2.05, 4.69) is 0 Å². The highest BCUT2D eigenvalue weighted by atomic mass is 35.5. The summed E-state index contributed by atoms with van der Waals surface area (Å²) in [5, 5.41) is 9.79. The van der Waals surface area contributed by atoms with E-state index in [1.54, 1.807) is 31.2 Å². The standard InChI is InChI=1S/C18H19ClFNO5S/c1-3-21(9-8-12-4-6-13(19)7-5-12)27(24,25)14-10-15(18(22)23)17(26-2)16(20)11-14/h4-7,10-11H,3,8-9H2,1-2H3,(H,22,23). The lowest BCUT2D eigenvalue weighted by Gasteiger charge is -2.21. The van der Waals surface area contributed by atoms with Gasteiger partial charge in [-0.25, -0.2) is 17.6 Å². The molecule has 0 amide bonds. The van der Waals surface area contributed by atoms with Crippen LogP contribution in [0.25, 0.3) is 0 Å². The van der Waals surface area contributed by atoms with Crippen molar-refractivity contribution in [2.24, 2.45) is 0 Å². The molecule has 0 heterocycles. The molecule has 27 heavy (non-hydrogen) atoms. The van der Waals surface area contributed by atoms with Crippen molar-refractivity contribution in [2.75, 3.05) is 20.2 Å². The minimum atomic E-state index is -4.08. The van der Waals surface area contributed by atoms with E-state index < -0.39 is 38.0 Å². The van der Waals surface area contributed by atoms with Crippen molar-refractivity contribution in [3.8, 4) is 5.75 Å². The van der Waals surface area contributed by atoms with Gasteiger partial charge in [0.1, 0.15) is 5.56 Å². The van der Waals surface area contributed by atoms with Crippen LogP contribution in [0.2, 0.25) is 5.02 Å². The van der Waals surface area contributed by atoms with E-state index >= 15 is 0 Å². The van der Waals surface area contributed by atoms with Gasteiger partial charge in [0.2, 0.25) is 10.0 Å². The Bertz CT molecular complexity index is 932. The molecule has 0 saturated carbocycles. The number of methoxy groups -OCH3 is 1. The molecule has 1 N–H and O–H groups in total. The van der Waals surface area contributed by atoms with Gasteiger partial charge >= 0.3 is 5.97 Å². The van der Waals surface area contributed by atoms with Gasteiger partial charge in [-0.3, -0.25) is 0 Å². The van der Waals surface area contributed by atoms with Crippen molar-refractivity contribution < 1.29 is 27.4 Å². The van der Waals surface area contributed by atoms with Gasteiger partial charge in [0.15, 0.2) is 11.6 Å². The topological polar surface area (TPSA) is 83.9 Å². The molecule has 146 valence electrons. The van der Waals surface area contributed by atoms with E-state index in [9.17, 15) is 22.7 Å². The van der Waals surface area contributed by atoms with Gasteiger partial charge in [-0.15, -0.1) is 0 Å². The quantitative estimate of drug-likeness (QED) is 0.714. The molecule has 0 fully saturated rings. The summed E-state index contributed by atoms with van der Waals surface area (Å²) in [6.45, 7) is 1.94. The van der Waals surface area contributed by atoms with E-state index in [4.69, 9.17) is 16.3 Å². The van der Waals surface area contributed by atoms with Gasteiger partial charge in [-0.1, -0.05) is 30.7 Å². The molecule has 9 heteroatoms. The van der Waals surface area contributed by atoms with Crippen molar-refractivity contribution in [3.05, 3.63) is 58.4 Å². The molecule has 2 rings (SSSR count). The fourth-order valence-electron chi connectivity index (χ4n) is 2.59. The lowest BCUT2D eigenvalue weighted by molar-refractivity contribution is 0.0692. The Hall–Kier alpha value is -2.16. The molecule has 0 aliphatic rings. The summed E-state index contributed by atoms with van der Waals surface area (Å²) in [6, 6.07) is 8.67. The third-order valence-corrected chi connectivity index (χ3v) is 6.21. The summed E-state index contributed by atoms with van der Waals surface area (Å²) < 4.78 is 45.8. The van der Waals surface area contributed by atoms with Crippen LogP contribution in [0.5, 0.6) is 5.75 Å². The number of halogens is 2. The number of ether oxygens (including phenoxy) is 1. The second-order valence-corrected chi connectivity index (χ2v) is 8.04. The number of rotatable bonds is 8. The average molecular weight is 416 g/mol. The molecule has 0 atom stereocenters. The summed E-state index contributed by atoms with van der Waals surface area (Å²) in [4.78, 5) is 10.9. The van der Waals surface area contributed by atoms with Gasteiger partial charge in [0, 0.05) is 18.1 Å². The number of carboxylic acid groups (broad SMARTS) is 1. The number of aromatic carboxylic acids is 1. The van der Waals surface area contributed by atoms with Crippen LogP contribution in [-0.2, 0) is 16.4 Å². The molecule has 0 spiro atoms. The van der Waals surface area contributed by atoms with Gasteiger partial charge in [-0.2, -0.15) is 4.31 Å². The van der Waals surface area contributed by atoms with E-state index in [0.717, 1.165) is 29.1 Å². The summed E-state index contributed by atoms with van der Waals surface area (Å²) >= 11 is 5.83. The molecule has 2 aromatic rings. The molecule has 0 unspecified atom stereocenters. The van der Waals surface area contributed by atoms with Crippen molar-refractivity contribution in [3.63, 3.8) is 0 Å². The fourth-order valence-corrected chi connectivity index (χ4v) is 4.20. The van der Waals surface area contributed by atoms with Gasteiger partial charge in [0.25, 0.3) is 0 Å². The maximum atomic E-state index is 14.2. The van der Waals surface area contributed by atoms with E-state index in [0.29, 0.717) is 11.4 Å². The van der Waals surface area contributed by atoms with E-state index in [1.165, 1.54) is 0 Å². The maximum Gasteiger partial charge on any atom is 0.339 e. The van der Waals surface area contributed by atoms with Crippen LogP contribution in [0, 0.1) is 5.82 Å². The van der Waals surface area contributed by atoms with Crippen molar-refractivity contribution >= 4 is 27.6 Å². The first kappa shape index (κ1) is 21.1. The van der Waals surface area contributed by atoms with E-state index in [1.807, 2.05) is 0 Å². The molecule has 0 bridgehead atoms. The highest BCUT2D eigenvalue weighted by molar-refractivity contribution is 7.89. The molecule has 0 radical (unpaired) electrons. The Labute approximate surface area is 162 Å². The number of hydrogen-bond acceptors (Lipinski definition) is 4. The second-order valence-electron chi connectivity index (χ2n) is 5.66. The van der Waals surface area contributed by atoms with E-state index in [-0.39, 0.29) is 13.1 Å². The minimum Gasteiger partial charge on any atom is -0.493 e. The minimum absolute atomic E-state index is 0.145. The van der Waals surface area contributed by atoms with Crippen LogP contribution < -0.4 is 4.74 Å². The lowest BCUT2D eigenvalue weighted by Crippen LogP contribution is -2.33. The Morgan fingerprint density at radius 1 is 1.26 bits per heavy atom. The van der Waals surface area contributed by atoms with Crippen molar-refractivity contribution in [1.82, 2.24) is 4.31 Å².